The Balaban J connectivity index is 2.18. The summed E-state index contributed by atoms with van der Waals surface area (Å²) in [6.45, 7) is 1.81. The molecule has 6 heteroatoms. The van der Waals surface area contributed by atoms with Crippen molar-refractivity contribution >= 4 is 11.7 Å². The highest BCUT2D eigenvalue weighted by Gasteiger charge is 2.09. The Hall–Kier alpha value is -2.37. The van der Waals surface area contributed by atoms with Crippen LogP contribution in [0.5, 0.6) is 0 Å². The van der Waals surface area contributed by atoms with Crippen LogP contribution in [0.4, 0.5) is 5.82 Å². The average molecular weight is 219 g/mol. The molecule has 0 aliphatic carbocycles. The lowest BCUT2D eigenvalue weighted by Gasteiger charge is -2.02. The fourth-order valence-corrected chi connectivity index (χ4v) is 1.15. The number of H-pyrrole nitrogens is 1. The zero-order valence-corrected chi connectivity index (χ0v) is 8.48. The van der Waals surface area contributed by atoms with E-state index in [0.29, 0.717) is 5.82 Å². The zero-order chi connectivity index (χ0) is 11.5. The molecule has 2 heterocycles. The van der Waals surface area contributed by atoms with Crippen LogP contribution in [-0.4, -0.2) is 16.1 Å². The fourth-order valence-electron chi connectivity index (χ4n) is 1.15. The Morgan fingerprint density at radius 1 is 1.50 bits per heavy atom. The number of nitrogens with zero attached hydrogens (tertiary/aromatic N) is 1. The molecule has 0 radical (unpaired) electrons. The van der Waals surface area contributed by atoms with E-state index in [1.807, 2.05) is 6.92 Å². The first kappa shape index (κ1) is 10.2. The highest BCUT2D eigenvalue weighted by Crippen LogP contribution is 2.09. The van der Waals surface area contributed by atoms with Gasteiger partial charge in [-0.2, -0.15) is 5.10 Å². The van der Waals surface area contributed by atoms with Crippen LogP contribution in [0.15, 0.2) is 33.8 Å². The Morgan fingerprint density at radius 2 is 2.31 bits per heavy atom. The summed E-state index contributed by atoms with van der Waals surface area (Å²) in [5.41, 5.74) is 0.605. The first-order chi connectivity index (χ1) is 7.66. The van der Waals surface area contributed by atoms with Gasteiger partial charge in [0.2, 0.25) is 0 Å². The maximum Gasteiger partial charge on any atom is 0.335 e. The van der Waals surface area contributed by atoms with Gasteiger partial charge in [0.05, 0.1) is 11.8 Å². The number of hydrogen-bond acceptors (Lipinski definition) is 4. The van der Waals surface area contributed by atoms with E-state index in [4.69, 9.17) is 0 Å². The normalized spacial score (nSPS) is 10.1. The molecular weight excluding hydrogens is 210 g/mol. The van der Waals surface area contributed by atoms with Crippen molar-refractivity contribution < 1.29 is 9.21 Å². The van der Waals surface area contributed by atoms with Gasteiger partial charge in [0.15, 0.2) is 0 Å². The number of hydrogen-bond donors (Lipinski definition) is 2. The molecule has 82 valence electrons. The summed E-state index contributed by atoms with van der Waals surface area (Å²) in [7, 11) is 0. The van der Waals surface area contributed by atoms with Gasteiger partial charge in [-0.1, -0.05) is 0 Å². The van der Waals surface area contributed by atoms with Crippen molar-refractivity contribution in [3.05, 3.63) is 46.1 Å². The molecule has 2 N–H and O–H groups in total. The Bertz CT molecular complexity index is 550. The summed E-state index contributed by atoms with van der Waals surface area (Å²) in [6, 6.07) is 2.58. The van der Waals surface area contributed by atoms with Gasteiger partial charge in [-0.3, -0.25) is 9.89 Å². The van der Waals surface area contributed by atoms with Crippen LogP contribution in [0.2, 0.25) is 0 Å². The van der Waals surface area contributed by atoms with Gasteiger partial charge >= 0.3 is 5.63 Å². The third kappa shape index (κ3) is 2.00. The number of carbonyl (C=O) groups is 1. The number of carbonyl (C=O) groups excluding carboxylic acids is 1. The minimum atomic E-state index is -0.491. The van der Waals surface area contributed by atoms with Crippen molar-refractivity contribution in [3.63, 3.8) is 0 Å². The number of rotatable bonds is 2. The summed E-state index contributed by atoms with van der Waals surface area (Å²) in [5, 5.41) is 9.02. The molecule has 2 rings (SSSR count). The van der Waals surface area contributed by atoms with E-state index in [0.717, 1.165) is 11.8 Å². The minimum absolute atomic E-state index is 0.272. The Morgan fingerprint density at radius 3 is 2.88 bits per heavy atom. The van der Waals surface area contributed by atoms with Crippen molar-refractivity contribution in [2.75, 3.05) is 5.32 Å². The maximum absolute atomic E-state index is 11.7. The summed E-state index contributed by atoms with van der Waals surface area (Å²) >= 11 is 0. The Kier molecular flexibility index (Phi) is 2.55. The molecule has 6 nitrogen and oxygen atoms in total. The van der Waals surface area contributed by atoms with Crippen LogP contribution in [0.3, 0.4) is 0 Å². The van der Waals surface area contributed by atoms with Crippen LogP contribution in [-0.2, 0) is 0 Å². The molecule has 2 aromatic rings. The van der Waals surface area contributed by atoms with Gasteiger partial charge in [0, 0.05) is 11.6 Å². The van der Waals surface area contributed by atoms with E-state index >= 15 is 0 Å². The van der Waals surface area contributed by atoms with Crippen molar-refractivity contribution in [2.24, 2.45) is 0 Å². The van der Waals surface area contributed by atoms with Crippen molar-refractivity contribution in [3.8, 4) is 0 Å². The Labute approximate surface area is 90.3 Å². The summed E-state index contributed by atoms with van der Waals surface area (Å²) in [5.74, 6) is 0.160. The maximum atomic E-state index is 11.7. The lowest BCUT2D eigenvalue weighted by Crippen LogP contribution is -2.13. The van der Waals surface area contributed by atoms with Crippen LogP contribution < -0.4 is 10.9 Å². The molecule has 0 unspecified atom stereocenters. The first-order valence-electron chi connectivity index (χ1n) is 4.57. The average Bonchev–Trinajstić information content (AvgIpc) is 2.65. The van der Waals surface area contributed by atoms with Crippen LogP contribution >= 0.6 is 0 Å². The van der Waals surface area contributed by atoms with Crippen molar-refractivity contribution in [1.82, 2.24) is 10.2 Å². The van der Waals surface area contributed by atoms with E-state index in [9.17, 15) is 9.59 Å². The van der Waals surface area contributed by atoms with Gasteiger partial charge in [-0.05, 0) is 13.0 Å². The molecule has 0 bridgehead atoms. The summed E-state index contributed by atoms with van der Waals surface area (Å²) in [4.78, 5) is 22.4. The molecule has 0 aliphatic heterocycles. The SMILES string of the molecule is Cc1cn[nH]c1NC(=O)c1ccc(=O)oc1. The smallest absolute Gasteiger partial charge is 0.335 e. The number of aryl methyl sites for hydroxylation is 1. The van der Waals surface area contributed by atoms with Gasteiger partial charge in [0.25, 0.3) is 5.91 Å². The second kappa shape index (κ2) is 4.01. The monoisotopic (exact) mass is 219 g/mol. The molecule has 0 fully saturated rings. The zero-order valence-electron chi connectivity index (χ0n) is 8.48. The summed E-state index contributed by atoms with van der Waals surface area (Å²) in [6.07, 6.45) is 2.71. The second-order valence-corrected chi connectivity index (χ2v) is 3.23. The predicted octanol–water partition coefficient (Wildman–Crippen LogP) is 0.924. The largest absolute Gasteiger partial charge is 0.430 e. The van der Waals surface area contributed by atoms with Gasteiger partial charge in [-0.15, -0.1) is 0 Å². The number of nitrogens with one attached hydrogen (secondary N) is 2. The highest BCUT2D eigenvalue weighted by molar-refractivity contribution is 6.03. The highest BCUT2D eigenvalue weighted by atomic mass is 16.4. The van der Waals surface area contributed by atoms with Gasteiger partial charge < -0.3 is 9.73 Å². The van der Waals surface area contributed by atoms with E-state index < -0.39 is 5.63 Å². The number of aromatic amines is 1. The first-order valence-corrected chi connectivity index (χ1v) is 4.57. The van der Waals surface area contributed by atoms with Crippen molar-refractivity contribution in [2.45, 2.75) is 6.92 Å². The van der Waals surface area contributed by atoms with E-state index in [-0.39, 0.29) is 11.5 Å². The van der Waals surface area contributed by atoms with Gasteiger partial charge in [-0.25, -0.2) is 4.79 Å². The molecule has 0 saturated carbocycles. The third-order valence-corrected chi connectivity index (χ3v) is 2.03. The van der Waals surface area contributed by atoms with E-state index in [1.54, 1.807) is 6.20 Å². The molecule has 0 aromatic carbocycles. The third-order valence-electron chi connectivity index (χ3n) is 2.03. The van der Waals surface area contributed by atoms with Crippen LogP contribution in [0.1, 0.15) is 15.9 Å². The molecule has 0 atom stereocenters. The summed E-state index contributed by atoms with van der Waals surface area (Å²) < 4.78 is 4.59. The number of amides is 1. The van der Waals surface area contributed by atoms with Crippen molar-refractivity contribution in [1.29, 1.82) is 0 Å². The molecule has 0 spiro atoms. The lowest BCUT2D eigenvalue weighted by atomic mass is 10.3. The number of aromatic nitrogens is 2. The van der Waals surface area contributed by atoms with E-state index in [2.05, 4.69) is 19.9 Å². The van der Waals surface area contributed by atoms with Crippen LogP contribution in [0, 0.1) is 6.92 Å². The molecule has 1 amide bonds. The minimum Gasteiger partial charge on any atom is -0.430 e. The second-order valence-electron chi connectivity index (χ2n) is 3.23. The number of anilines is 1. The molecular formula is C10H9N3O3. The fraction of sp³-hybridized carbons (Fsp3) is 0.100. The van der Waals surface area contributed by atoms with Crippen LogP contribution in [0.25, 0.3) is 0 Å². The molecule has 16 heavy (non-hydrogen) atoms. The topological polar surface area (TPSA) is 88.0 Å². The predicted molar refractivity (Wildman–Crippen MR) is 56.3 cm³/mol. The lowest BCUT2D eigenvalue weighted by molar-refractivity contribution is 0.102. The molecule has 0 aliphatic rings. The molecule has 2 aromatic heterocycles. The van der Waals surface area contributed by atoms with E-state index in [1.165, 1.54) is 12.1 Å². The standard InChI is InChI=1S/C10H9N3O3/c1-6-4-11-13-9(6)12-10(15)7-2-3-8(14)16-5-7/h2-5H,1H3,(H2,11,12,13,15). The quantitative estimate of drug-likeness (QED) is 0.786. The molecule has 0 saturated heterocycles. The van der Waals surface area contributed by atoms with Gasteiger partial charge in [0.1, 0.15) is 12.1 Å².